The van der Waals surface area contributed by atoms with E-state index in [2.05, 4.69) is 108 Å². The highest BCUT2D eigenvalue weighted by Crippen LogP contribution is 2.35. The van der Waals surface area contributed by atoms with Gasteiger partial charge in [0.05, 0.1) is 15.2 Å². The molecular weight excluding hydrogens is 372 g/mol. The Kier molecular flexibility index (Phi) is 4.59. The fourth-order valence-corrected chi connectivity index (χ4v) is 4.43. The minimum atomic E-state index is 1.07. The van der Waals surface area contributed by atoms with Crippen LogP contribution in [0.2, 0.25) is 0 Å². The lowest BCUT2D eigenvalue weighted by Crippen LogP contribution is -2.09. The summed E-state index contributed by atoms with van der Waals surface area (Å²) in [6.45, 7) is 2.06. The van der Waals surface area contributed by atoms with Gasteiger partial charge in [-0.3, -0.25) is 0 Å². The van der Waals surface area contributed by atoms with Gasteiger partial charge in [-0.15, -0.1) is 11.3 Å². The van der Waals surface area contributed by atoms with Crippen molar-refractivity contribution in [1.82, 2.24) is 4.98 Å². The monoisotopic (exact) mass is 392 g/mol. The van der Waals surface area contributed by atoms with Crippen LogP contribution in [0.25, 0.3) is 21.3 Å². The molecule has 29 heavy (non-hydrogen) atoms. The smallest absolute Gasteiger partial charge is 0.0907 e. The molecule has 2 nitrogen and oxygen atoms in total. The zero-order valence-corrected chi connectivity index (χ0v) is 16.9. The standard InChI is InChI=1S/C26H20N2S/c1-19-27-25-18-21(14-17-26(25)29-19)20-12-15-24(16-13-20)28(22-8-4-2-5-9-22)23-10-6-3-7-11-23/h2-18H,1H3. The first-order chi connectivity index (χ1) is 14.3. The zero-order valence-electron chi connectivity index (χ0n) is 16.1. The van der Waals surface area contributed by atoms with Crippen molar-refractivity contribution in [3.8, 4) is 11.1 Å². The number of hydrogen-bond donors (Lipinski definition) is 0. The van der Waals surface area contributed by atoms with Crippen molar-refractivity contribution in [3.05, 3.63) is 108 Å². The van der Waals surface area contributed by atoms with Crippen LogP contribution in [0.1, 0.15) is 5.01 Å². The maximum atomic E-state index is 4.63. The van der Waals surface area contributed by atoms with Crippen molar-refractivity contribution in [2.75, 3.05) is 4.90 Å². The number of thiazole rings is 1. The van der Waals surface area contributed by atoms with Crippen LogP contribution < -0.4 is 4.90 Å². The summed E-state index contributed by atoms with van der Waals surface area (Å²) in [5.41, 5.74) is 6.89. The van der Waals surface area contributed by atoms with Gasteiger partial charge in [-0.05, 0) is 66.6 Å². The third-order valence-corrected chi connectivity index (χ3v) is 5.93. The highest BCUT2D eigenvalue weighted by molar-refractivity contribution is 7.18. The van der Waals surface area contributed by atoms with Crippen LogP contribution in [0.4, 0.5) is 17.1 Å². The van der Waals surface area contributed by atoms with Crippen molar-refractivity contribution in [3.63, 3.8) is 0 Å². The molecule has 5 rings (SSSR count). The van der Waals surface area contributed by atoms with Crippen LogP contribution in [0, 0.1) is 6.92 Å². The molecule has 1 aromatic heterocycles. The van der Waals surface area contributed by atoms with Crippen LogP contribution in [0.15, 0.2) is 103 Å². The number of nitrogens with zero attached hydrogens (tertiary/aromatic N) is 2. The quantitative estimate of drug-likeness (QED) is 0.311. The third kappa shape index (κ3) is 3.53. The summed E-state index contributed by atoms with van der Waals surface area (Å²) in [5.74, 6) is 0. The summed E-state index contributed by atoms with van der Waals surface area (Å²) >= 11 is 1.74. The molecule has 0 aliphatic rings. The van der Waals surface area contributed by atoms with Crippen molar-refractivity contribution in [1.29, 1.82) is 0 Å². The maximum absolute atomic E-state index is 4.63. The van der Waals surface area contributed by atoms with Crippen molar-refractivity contribution in [2.24, 2.45) is 0 Å². The van der Waals surface area contributed by atoms with Gasteiger partial charge in [-0.25, -0.2) is 4.98 Å². The Bertz CT molecular complexity index is 1200. The lowest BCUT2D eigenvalue weighted by atomic mass is 10.0. The lowest BCUT2D eigenvalue weighted by molar-refractivity contribution is 1.28. The average molecular weight is 393 g/mol. The zero-order chi connectivity index (χ0) is 19.6. The van der Waals surface area contributed by atoms with Crippen LogP contribution >= 0.6 is 11.3 Å². The number of aromatic nitrogens is 1. The Morgan fingerprint density at radius 1 is 0.621 bits per heavy atom. The van der Waals surface area contributed by atoms with E-state index in [0.717, 1.165) is 27.6 Å². The van der Waals surface area contributed by atoms with Crippen molar-refractivity contribution >= 4 is 38.6 Å². The predicted molar refractivity (Wildman–Crippen MR) is 124 cm³/mol. The molecule has 1 heterocycles. The molecule has 0 N–H and O–H groups in total. The lowest BCUT2D eigenvalue weighted by Gasteiger charge is -2.25. The largest absolute Gasteiger partial charge is 0.311 e. The van der Waals surface area contributed by atoms with E-state index in [-0.39, 0.29) is 0 Å². The van der Waals surface area contributed by atoms with Crippen LogP contribution in [-0.4, -0.2) is 4.98 Å². The molecule has 0 radical (unpaired) electrons. The van der Waals surface area contributed by atoms with Crippen LogP contribution in [-0.2, 0) is 0 Å². The number of benzene rings is 4. The molecule has 5 aromatic rings. The highest BCUT2D eigenvalue weighted by atomic mass is 32.1. The van der Waals surface area contributed by atoms with Gasteiger partial charge in [0.25, 0.3) is 0 Å². The summed E-state index contributed by atoms with van der Waals surface area (Å²) in [7, 11) is 0. The summed E-state index contributed by atoms with van der Waals surface area (Å²) < 4.78 is 1.24. The predicted octanol–water partition coefficient (Wildman–Crippen LogP) is 7.74. The van der Waals surface area contributed by atoms with E-state index in [9.17, 15) is 0 Å². The van der Waals surface area contributed by atoms with E-state index in [0.29, 0.717) is 0 Å². The molecule has 0 saturated carbocycles. The first-order valence-corrected chi connectivity index (χ1v) is 10.5. The van der Waals surface area contributed by atoms with Gasteiger partial charge in [0.2, 0.25) is 0 Å². The number of aryl methyl sites for hydroxylation is 1. The summed E-state index contributed by atoms with van der Waals surface area (Å²) in [6.07, 6.45) is 0. The van der Waals surface area contributed by atoms with Gasteiger partial charge in [0.1, 0.15) is 0 Å². The molecule has 0 amide bonds. The number of rotatable bonds is 4. The van der Waals surface area contributed by atoms with Gasteiger partial charge < -0.3 is 4.90 Å². The fraction of sp³-hybridized carbons (Fsp3) is 0.0385. The number of fused-ring (bicyclic) bond motifs is 1. The summed E-state index contributed by atoms with van der Waals surface area (Å²) in [5, 5.41) is 1.11. The summed E-state index contributed by atoms with van der Waals surface area (Å²) in [4.78, 5) is 6.91. The Morgan fingerprint density at radius 3 is 1.79 bits per heavy atom. The minimum Gasteiger partial charge on any atom is -0.311 e. The molecule has 0 aliphatic carbocycles. The van der Waals surface area contributed by atoms with Crippen LogP contribution in [0.3, 0.4) is 0 Å². The highest BCUT2D eigenvalue weighted by Gasteiger charge is 2.12. The van der Waals surface area contributed by atoms with Gasteiger partial charge in [-0.1, -0.05) is 54.6 Å². The van der Waals surface area contributed by atoms with E-state index in [1.807, 2.05) is 12.1 Å². The number of para-hydroxylation sites is 2. The minimum absolute atomic E-state index is 1.07. The van der Waals surface area contributed by atoms with Crippen molar-refractivity contribution < 1.29 is 0 Å². The van der Waals surface area contributed by atoms with E-state index < -0.39 is 0 Å². The SMILES string of the molecule is Cc1nc2cc(-c3ccc(N(c4ccccc4)c4ccccc4)cc3)ccc2s1. The Hall–Kier alpha value is -3.43. The number of anilines is 3. The average Bonchev–Trinajstić information content (AvgIpc) is 3.15. The van der Waals surface area contributed by atoms with Crippen LogP contribution in [0.5, 0.6) is 0 Å². The Balaban J connectivity index is 1.54. The van der Waals surface area contributed by atoms with E-state index in [1.165, 1.54) is 15.8 Å². The Morgan fingerprint density at radius 2 is 1.17 bits per heavy atom. The molecule has 0 fully saturated rings. The van der Waals surface area contributed by atoms with Gasteiger partial charge in [0.15, 0.2) is 0 Å². The molecule has 0 saturated heterocycles. The van der Waals surface area contributed by atoms with Gasteiger partial charge in [0, 0.05) is 17.1 Å². The molecule has 0 bridgehead atoms. The molecule has 0 atom stereocenters. The number of hydrogen-bond acceptors (Lipinski definition) is 3. The molecule has 0 spiro atoms. The molecule has 0 aliphatic heterocycles. The van der Waals surface area contributed by atoms with Gasteiger partial charge in [-0.2, -0.15) is 0 Å². The molecule has 3 heteroatoms. The van der Waals surface area contributed by atoms with Gasteiger partial charge >= 0.3 is 0 Å². The Labute approximate surface area is 174 Å². The van der Waals surface area contributed by atoms with E-state index >= 15 is 0 Å². The molecule has 0 unspecified atom stereocenters. The second-order valence-electron chi connectivity index (χ2n) is 6.97. The maximum Gasteiger partial charge on any atom is 0.0907 e. The van der Waals surface area contributed by atoms with Crippen molar-refractivity contribution in [2.45, 2.75) is 6.92 Å². The molecule has 4 aromatic carbocycles. The summed E-state index contributed by atoms with van der Waals surface area (Å²) in [6, 6.07) is 36.2. The second kappa shape index (κ2) is 7.53. The second-order valence-corrected chi connectivity index (χ2v) is 8.20. The van der Waals surface area contributed by atoms with E-state index in [1.54, 1.807) is 11.3 Å². The molecular formula is C26H20N2S. The third-order valence-electron chi connectivity index (χ3n) is 4.98. The first kappa shape index (κ1) is 17.7. The topological polar surface area (TPSA) is 16.1 Å². The first-order valence-electron chi connectivity index (χ1n) is 9.66. The van der Waals surface area contributed by atoms with E-state index in [4.69, 9.17) is 0 Å². The fourth-order valence-electron chi connectivity index (χ4n) is 3.63. The molecule has 140 valence electrons. The normalized spacial score (nSPS) is 10.9.